The monoisotopic (exact) mass is 265 g/mol. The fourth-order valence-electron chi connectivity index (χ4n) is 2.00. The third-order valence-electron chi connectivity index (χ3n) is 3.01. The van der Waals surface area contributed by atoms with Crippen molar-refractivity contribution in [1.29, 1.82) is 0 Å². The van der Waals surface area contributed by atoms with Gasteiger partial charge in [0.2, 0.25) is 0 Å². The molecule has 0 amide bonds. The van der Waals surface area contributed by atoms with Crippen molar-refractivity contribution in [3.63, 3.8) is 0 Å². The third-order valence-corrected chi connectivity index (χ3v) is 3.01. The molecule has 0 bridgehead atoms. The lowest BCUT2D eigenvalue weighted by molar-refractivity contribution is -0.894. The highest BCUT2D eigenvalue weighted by Crippen LogP contribution is 2.30. The van der Waals surface area contributed by atoms with Crippen molar-refractivity contribution >= 4 is 28.0 Å². The zero-order chi connectivity index (χ0) is 13.9. The van der Waals surface area contributed by atoms with E-state index in [-0.39, 0.29) is 0 Å². The minimum atomic E-state index is 0.355. The summed E-state index contributed by atoms with van der Waals surface area (Å²) >= 11 is 0. The summed E-state index contributed by atoms with van der Waals surface area (Å²) in [7, 11) is 0. The summed E-state index contributed by atoms with van der Waals surface area (Å²) < 4.78 is 0.920. The van der Waals surface area contributed by atoms with Crippen molar-refractivity contribution in [2.24, 2.45) is 10.2 Å². The maximum atomic E-state index is 9.59. The first-order chi connectivity index (χ1) is 9.75. The van der Waals surface area contributed by atoms with Crippen molar-refractivity contribution in [3.05, 3.63) is 60.8 Å². The summed E-state index contributed by atoms with van der Waals surface area (Å²) in [6.07, 6.45) is 1.50. The highest BCUT2D eigenvalue weighted by molar-refractivity contribution is 5.99. The van der Waals surface area contributed by atoms with Crippen LogP contribution in [0.4, 0.5) is 17.2 Å². The molecule has 1 aromatic heterocycles. The van der Waals surface area contributed by atoms with Crippen LogP contribution in [0.3, 0.4) is 0 Å². The summed E-state index contributed by atoms with van der Waals surface area (Å²) in [5.74, 6) is 0.355. The van der Waals surface area contributed by atoms with Gasteiger partial charge >= 0.3 is 5.82 Å². The van der Waals surface area contributed by atoms with Gasteiger partial charge in [-0.05, 0) is 34.1 Å². The quantitative estimate of drug-likeness (QED) is 0.322. The Hall–Kier alpha value is -2.95. The van der Waals surface area contributed by atoms with Crippen molar-refractivity contribution in [2.45, 2.75) is 0 Å². The van der Waals surface area contributed by atoms with Crippen LogP contribution in [0.5, 0.6) is 0 Å². The van der Waals surface area contributed by atoms with Gasteiger partial charge in [-0.3, -0.25) is 0 Å². The molecule has 0 spiro atoms. The summed E-state index contributed by atoms with van der Waals surface area (Å²) in [5.41, 5.74) is 7.35. The van der Waals surface area contributed by atoms with Crippen LogP contribution in [-0.2, 0) is 0 Å². The molecule has 1 heterocycles. The Labute approximate surface area is 115 Å². The minimum Gasteiger partial charge on any atom is -0.398 e. The van der Waals surface area contributed by atoms with E-state index in [1.165, 1.54) is 6.20 Å². The van der Waals surface area contributed by atoms with Crippen molar-refractivity contribution in [3.8, 4) is 0 Å². The summed E-state index contributed by atoms with van der Waals surface area (Å²) in [4.78, 5) is 0. The number of pyridine rings is 1. The molecule has 0 saturated heterocycles. The molecule has 0 aliphatic carbocycles. The molecule has 20 heavy (non-hydrogen) atoms. The highest BCUT2D eigenvalue weighted by atomic mass is 16.5. The lowest BCUT2D eigenvalue weighted by Crippen LogP contribution is -2.28. The Morgan fingerprint density at radius 2 is 1.60 bits per heavy atom. The van der Waals surface area contributed by atoms with Crippen LogP contribution in [-0.4, -0.2) is 5.21 Å². The molecule has 98 valence electrons. The summed E-state index contributed by atoms with van der Waals surface area (Å²) in [6.45, 7) is 0. The molecule has 0 radical (unpaired) electrons. The number of fused-ring (bicyclic) bond motifs is 1. The third kappa shape index (κ3) is 2.16. The lowest BCUT2D eigenvalue weighted by atomic mass is 10.1. The fraction of sp³-hybridized carbons (Fsp3) is 0. The molecule has 0 unspecified atom stereocenters. The van der Waals surface area contributed by atoms with Crippen LogP contribution in [0.1, 0.15) is 0 Å². The van der Waals surface area contributed by atoms with Crippen LogP contribution >= 0.6 is 0 Å². The average Bonchev–Trinajstić information content (AvgIpc) is 2.48. The van der Waals surface area contributed by atoms with Gasteiger partial charge in [0.15, 0.2) is 0 Å². The van der Waals surface area contributed by atoms with E-state index in [0.717, 1.165) is 15.5 Å². The lowest BCUT2D eigenvalue weighted by Gasteiger charge is -2.02. The molecule has 5 heteroatoms. The maximum Gasteiger partial charge on any atom is 0.388 e. The van der Waals surface area contributed by atoms with Gasteiger partial charge in [-0.25, -0.2) is 0 Å². The van der Waals surface area contributed by atoms with E-state index in [0.29, 0.717) is 17.2 Å². The molecule has 3 aromatic rings. The number of nitrogens with zero attached hydrogens (tertiary/aromatic N) is 3. The Morgan fingerprint density at radius 3 is 2.40 bits per heavy atom. The topological polar surface area (TPSA) is 74.8 Å². The second-order valence-corrected chi connectivity index (χ2v) is 4.32. The fourth-order valence-corrected chi connectivity index (χ4v) is 2.00. The second-order valence-electron chi connectivity index (χ2n) is 4.32. The Kier molecular flexibility index (Phi) is 3.01. The molecular formula is C15H13N4O+. The molecule has 0 aliphatic rings. The molecule has 0 saturated carbocycles. The van der Waals surface area contributed by atoms with E-state index in [1.807, 2.05) is 30.3 Å². The van der Waals surface area contributed by atoms with E-state index >= 15 is 0 Å². The predicted octanol–water partition coefficient (Wildman–Crippen LogP) is 3.36. The minimum absolute atomic E-state index is 0.355. The first-order valence-corrected chi connectivity index (χ1v) is 6.14. The van der Waals surface area contributed by atoms with Gasteiger partial charge in [0.25, 0.3) is 0 Å². The van der Waals surface area contributed by atoms with Crippen LogP contribution in [0, 0.1) is 0 Å². The number of aromatic nitrogens is 1. The van der Waals surface area contributed by atoms with Crippen LogP contribution in [0.2, 0.25) is 0 Å². The predicted molar refractivity (Wildman–Crippen MR) is 76.4 cm³/mol. The molecule has 0 atom stereocenters. The normalized spacial score (nSPS) is 11.2. The van der Waals surface area contributed by atoms with E-state index < -0.39 is 0 Å². The van der Waals surface area contributed by atoms with E-state index in [9.17, 15) is 5.21 Å². The standard InChI is InChI=1S/C15H12N4O/c16-13-8-9-14(12-6-2-1-5-11(12)13)17-18-15-7-3-4-10-19(15)20/h1-10,16,20H/p+1. The largest absolute Gasteiger partial charge is 0.398 e. The van der Waals surface area contributed by atoms with Crippen LogP contribution < -0.4 is 10.5 Å². The zero-order valence-electron chi connectivity index (χ0n) is 10.6. The number of nitrogens with two attached hydrogens (primary N) is 1. The van der Waals surface area contributed by atoms with E-state index in [4.69, 9.17) is 5.73 Å². The van der Waals surface area contributed by atoms with Crippen molar-refractivity contribution < 1.29 is 9.94 Å². The Balaban J connectivity index is 2.08. The molecule has 3 rings (SSSR count). The number of anilines is 1. The molecule has 2 aromatic carbocycles. The molecule has 5 nitrogen and oxygen atoms in total. The first-order valence-electron chi connectivity index (χ1n) is 6.14. The average molecular weight is 265 g/mol. The highest BCUT2D eigenvalue weighted by Gasteiger charge is 2.08. The van der Waals surface area contributed by atoms with Gasteiger partial charge in [-0.1, -0.05) is 24.3 Å². The molecule has 0 fully saturated rings. The summed E-state index contributed by atoms with van der Waals surface area (Å²) in [6, 6.07) is 16.5. The number of azo groups is 1. The first kappa shape index (κ1) is 12.1. The van der Waals surface area contributed by atoms with Crippen molar-refractivity contribution in [2.75, 3.05) is 5.73 Å². The van der Waals surface area contributed by atoms with Crippen molar-refractivity contribution in [1.82, 2.24) is 0 Å². The van der Waals surface area contributed by atoms with Gasteiger partial charge in [-0.15, -0.1) is 0 Å². The second kappa shape index (κ2) is 4.97. The van der Waals surface area contributed by atoms with Gasteiger partial charge in [0.1, 0.15) is 11.9 Å². The van der Waals surface area contributed by atoms with E-state index in [1.54, 1.807) is 24.3 Å². The molecular weight excluding hydrogens is 252 g/mol. The smallest absolute Gasteiger partial charge is 0.388 e. The van der Waals surface area contributed by atoms with Crippen LogP contribution in [0.15, 0.2) is 71.0 Å². The van der Waals surface area contributed by atoms with Gasteiger partial charge in [0.05, 0.1) is 5.11 Å². The Morgan fingerprint density at radius 1 is 0.850 bits per heavy atom. The van der Waals surface area contributed by atoms with Crippen LogP contribution in [0.25, 0.3) is 10.8 Å². The number of benzene rings is 2. The van der Waals surface area contributed by atoms with Gasteiger partial charge < -0.3 is 10.9 Å². The molecule has 0 aliphatic heterocycles. The van der Waals surface area contributed by atoms with Gasteiger partial charge in [-0.2, -0.15) is 0 Å². The summed E-state index contributed by atoms with van der Waals surface area (Å²) in [5, 5.41) is 19.7. The SMILES string of the molecule is Nc1ccc(N=Nc2cccc[n+]2O)c2ccccc12. The number of hydrogen-bond acceptors (Lipinski definition) is 4. The number of hydrogen-bond donors (Lipinski definition) is 2. The van der Waals surface area contributed by atoms with Gasteiger partial charge in [0, 0.05) is 22.5 Å². The number of nitrogen functional groups attached to an aromatic ring is 1. The van der Waals surface area contributed by atoms with E-state index in [2.05, 4.69) is 10.2 Å². The zero-order valence-corrected chi connectivity index (χ0v) is 10.6. The Bertz CT molecular complexity index is 799. The number of rotatable bonds is 2. The molecule has 3 N–H and O–H groups in total. The maximum absolute atomic E-state index is 9.59.